The fraction of sp³-hybridized carbons (Fsp3) is 0.300. The number of hydrogen-bond donors (Lipinski definition) is 2. The van der Waals surface area contributed by atoms with Crippen molar-refractivity contribution >= 4 is 39.4 Å². The lowest BCUT2D eigenvalue weighted by Gasteiger charge is -2.16. The van der Waals surface area contributed by atoms with E-state index in [1.165, 1.54) is 18.2 Å². The fourth-order valence-corrected chi connectivity index (χ4v) is 4.98. The van der Waals surface area contributed by atoms with Crippen LogP contribution in [0.2, 0.25) is 0 Å². The van der Waals surface area contributed by atoms with Gasteiger partial charge in [-0.25, -0.2) is 9.59 Å². The van der Waals surface area contributed by atoms with Gasteiger partial charge in [-0.2, -0.15) is 0 Å². The average molecular weight is 594 g/mol. The molecule has 11 nitrogen and oxygen atoms in total. The number of amides is 1. The Morgan fingerprint density at radius 3 is 2.40 bits per heavy atom. The predicted octanol–water partition coefficient (Wildman–Crippen LogP) is 4.00. The number of esters is 2. The lowest BCUT2D eigenvalue weighted by Crippen LogP contribution is -2.37. The summed E-state index contributed by atoms with van der Waals surface area (Å²) in [6, 6.07) is 14.3. The number of thiophene rings is 1. The predicted molar refractivity (Wildman–Crippen MR) is 157 cm³/mol. The second-order valence-corrected chi connectivity index (χ2v) is 11.6. The van der Waals surface area contributed by atoms with Gasteiger partial charge in [0.1, 0.15) is 10.6 Å². The first-order valence-electron chi connectivity index (χ1n) is 13.0. The van der Waals surface area contributed by atoms with Gasteiger partial charge < -0.3 is 19.5 Å². The largest absolute Gasteiger partial charge is 0.497 e. The zero-order valence-electron chi connectivity index (χ0n) is 23.8. The topological polar surface area (TPSA) is 146 Å². The number of nitrogens with one attached hydrogen (secondary N) is 2. The maximum absolute atomic E-state index is 13.4. The molecule has 1 atom stereocenters. The van der Waals surface area contributed by atoms with E-state index in [1.807, 2.05) is 18.2 Å². The number of aromatic amines is 1. The van der Waals surface area contributed by atoms with Crippen LogP contribution in [0.1, 0.15) is 64.9 Å². The van der Waals surface area contributed by atoms with Crippen LogP contribution in [0, 0.1) is 5.41 Å². The molecule has 2 heterocycles. The lowest BCUT2D eigenvalue weighted by atomic mass is 9.98. The maximum atomic E-state index is 13.4. The molecule has 1 amide bonds. The number of nitrogens with zero attached hydrogens (tertiary/aromatic N) is 1. The summed E-state index contributed by atoms with van der Waals surface area (Å²) in [6.07, 6.45) is 0. The first kappa shape index (κ1) is 30.3. The zero-order valence-corrected chi connectivity index (χ0v) is 24.6. The van der Waals surface area contributed by atoms with Gasteiger partial charge in [0.25, 0.3) is 11.5 Å². The highest BCUT2D eigenvalue weighted by Gasteiger charge is 2.24. The van der Waals surface area contributed by atoms with Crippen LogP contribution in [0.4, 0.5) is 0 Å². The molecule has 0 bridgehead atoms. The number of aromatic nitrogens is 2. The van der Waals surface area contributed by atoms with Gasteiger partial charge in [0, 0.05) is 6.54 Å². The maximum Gasteiger partial charge on any atom is 0.340 e. The number of fused-ring (bicyclic) bond motifs is 1. The van der Waals surface area contributed by atoms with Gasteiger partial charge >= 0.3 is 17.6 Å². The van der Waals surface area contributed by atoms with E-state index >= 15 is 0 Å². The third-order valence-corrected chi connectivity index (χ3v) is 7.49. The van der Waals surface area contributed by atoms with Crippen LogP contribution in [0.5, 0.6) is 5.75 Å². The third kappa shape index (κ3) is 6.77. The Bertz CT molecular complexity index is 1750. The van der Waals surface area contributed by atoms with Crippen LogP contribution in [0.25, 0.3) is 10.2 Å². The van der Waals surface area contributed by atoms with Crippen molar-refractivity contribution in [3.05, 3.63) is 97.0 Å². The summed E-state index contributed by atoms with van der Waals surface area (Å²) in [5.74, 6) is -0.902. The third-order valence-electron chi connectivity index (χ3n) is 6.44. The van der Waals surface area contributed by atoms with Crippen LogP contribution in [0.15, 0.2) is 64.2 Å². The van der Waals surface area contributed by atoms with Crippen LogP contribution >= 0.6 is 11.3 Å². The number of carbonyl (C=O) groups excluding carboxylic acids is 3. The molecule has 4 aromatic rings. The van der Waals surface area contributed by atoms with Crippen molar-refractivity contribution in [3.63, 3.8) is 0 Å². The quantitative estimate of drug-likeness (QED) is 0.219. The number of benzene rings is 2. The van der Waals surface area contributed by atoms with Crippen molar-refractivity contribution in [1.29, 1.82) is 0 Å². The zero-order chi connectivity index (χ0) is 30.6. The first-order valence-corrected chi connectivity index (χ1v) is 13.8. The number of methoxy groups -OCH3 is 1. The van der Waals surface area contributed by atoms with Gasteiger partial charge in [0.05, 0.1) is 34.4 Å². The summed E-state index contributed by atoms with van der Waals surface area (Å²) in [7, 11) is 1.56. The van der Waals surface area contributed by atoms with Gasteiger partial charge in [0.2, 0.25) is 6.79 Å². The van der Waals surface area contributed by atoms with Gasteiger partial charge in [-0.3, -0.25) is 23.9 Å². The van der Waals surface area contributed by atoms with Crippen molar-refractivity contribution in [1.82, 2.24) is 14.9 Å². The number of hydrogen-bond acceptors (Lipinski definition) is 9. The summed E-state index contributed by atoms with van der Waals surface area (Å²) in [6.45, 7) is 6.47. The van der Waals surface area contributed by atoms with Crippen molar-refractivity contribution < 1.29 is 28.6 Å². The van der Waals surface area contributed by atoms with E-state index in [4.69, 9.17) is 14.2 Å². The molecule has 0 saturated heterocycles. The van der Waals surface area contributed by atoms with Crippen LogP contribution < -0.4 is 21.3 Å². The fourth-order valence-electron chi connectivity index (χ4n) is 4.02. The molecule has 1 unspecified atom stereocenters. The molecule has 0 spiro atoms. The lowest BCUT2D eigenvalue weighted by molar-refractivity contribution is -0.161. The van der Waals surface area contributed by atoms with Crippen molar-refractivity contribution in [2.24, 2.45) is 5.41 Å². The second kappa shape index (κ2) is 12.4. The number of carbonyl (C=O) groups is 3. The van der Waals surface area contributed by atoms with Crippen molar-refractivity contribution in [2.75, 3.05) is 13.9 Å². The standard InChI is InChI=1S/C30H31N3O8S/c1-17(19-9-11-20(12-10-19)27(36)40-16-41-28(37)30(2,3)4)33-26(35)22-14-23(42-25(22)32-29(33)38)24(34)31-15-18-7-6-8-21(13-18)39-5/h6-14,17H,15-16H2,1-5H3,(H,31,34)(H,32,38). The Morgan fingerprint density at radius 1 is 1.02 bits per heavy atom. The van der Waals surface area contributed by atoms with Gasteiger partial charge in [-0.15, -0.1) is 11.3 Å². The molecule has 2 aromatic carbocycles. The molecule has 0 aliphatic heterocycles. The van der Waals surface area contributed by atoms with Crippen molar-refractivity contribution in [2.45, 2.75) is 40.3 Å². The molecule has 4 rings (SSSR count). The monoisotopic (exact) mass is 593 g/mol. The Hall–Kier alpha value is -4.71. The molecule has 12 heteroatoms. The molecule has 0 aliphatic rings. The molecule has 0 aliphatic carbocycles. The van der Waals surface area contributed by atoms with Crippen LogP contribution in [0.3, 0.4) is 0 Å². The molecule has 42 heavy (non-hydrogen) atoms. The van der Waals surface area contributed by atoms with E-state index in [-0.39, 0.29) is 28.3 Å². The summed E-state index contributed by atoms with van der Waals surface area (Å²) < 4.78 is 16.2. The van der Waals surface area contributed by atoms with E-state index in [2.05, 4.69) is 10.3 Å². The van der Waals surface area contributed by atoms with Crippen LogP contribution in [-0.4, -0.2) is 41.3 Å². The van der Waals surface area contributed by atoms with E-state index in [0.29, 0.717) is 16.1 Å². The first-order chi connectivity index (χ1) is 19.9. The minimum atomic E-state index is -0.725. The second-order valence-electron chi connectivity index (χ2n) is 10.5. The van der Waals surface area contributed by atoms with Gasteiger partial charge in [-0.05, 0) is 69.2 Å². The molecular formula is C30H31N3O8S. The number of rotatable bonds is 9. The van der Waals surface area contributed by atoms with Crippen molar-refractivity contribution in [3.8, 4) is 5.75 Å². The average Bonchev–Trinajstić information content (AvgIpc) is 3.40. The molecule has 0 fully saturated rings. The van der Waals surface area contributed by atoms with E-state index < -0.39 is 41.4 Å². The SMILES string of the molecule is COc1cccc(CNC(=O)c2cc3c(=O)n(C(C)c4ccc(C(=O)OCOC(=O)C(C)(C)C)cc4)c(=O)[nH]c3s2)c1. The summed E-state index contributed by atoms with van der Waals surface area (Å²) in [4.78, 5) is 66.5. The normalized spacial score (nSPS) is 12.0. The molecule has 0 saturated carbocycles. The molecule has 220 valence electrons. The van der Waals surface area contributed by atoms with Gasteiger partial charge in [0.15, 0.2) is 0 Å². The molecule has 2 aromatic heterocycles. The summed E-state index contributed by atoms with van der Waals surface area (Å²) >= 11 is 1.02. The van der Waals surface area contributed by atoms with E-state index in [0.717, 1.165) is 21.5 Å². The number of ether oxygens (including phenoxy) is 3. The summed E-state index contributed by atoms with van der Waals surface area (Å²) in [5, 5.41) is 3.03. The Balaban J connectivity index is 1.47. The molecule has 0 radical (unpaired) electrons. The smallest absolute Gasteiger partial charge is 0.340 e. The molecule has 2 N–H and O–H groups in total. The Labute approximate surface area is 245 Å². The van der Waals surface area contributed by atoms with Gasteiger partial charge in [-0.1, -0.05) is 24.3 Å². The van der Waals surface area contributed by atoms with E-state index in [9.17, 15) is 24.0 Å². The highest BCUT2D eigenvalue weighted by molar-refractivity contribution is 7.20. The highest BCUT2D eigenvalue weighted by atomic mass is 32.1. The highest BCUT2D eigenvalue weighted by Crippen LogP contribution is 2.23. The van der Waals surface area contributed by atoms with Crippen LogP contribution in [-0.2, 0) is 20.8 Å². The van der Waals surface area contributed by atoms with E-state index in [1.54, 1.807) is 53.0 Å². The number of H-pyrrole nitrogens is 1. The summed E-state index contributed by atoms with van der Waals surface area (Å²) in [5.41, 5.74) is -0.266. The Kier molecular flexibility index (Phi) is 8.96. The minimum Gasteiger partial charge on any atom is -0.497 e. The molecular weight excluding hydrogens is 562 g/mol. The minimum absolute atomic E-state index is 0.205. The Morgan fingerprint density at radius 2 is 1.74 bits per heavy atom.